The van der Waals surface area contributed by atoms with Crippen LogP contribution in [-0.2, 0) is 0 Å². The summed E-state index contributed by atoms with van der Waals surface area (Å²) in [7, 11) is 0. The van der Waals surface area contributed by atoms with E-state index in [1.807, 2.05) is 0 Å². The molecule has 19 heavy (non-hydrogen) atoms. The molecule has 0 saturated carbocycles. The van der Waals surface area contributed by atoms with Crippen LogP contribution >= 0.6 is 0 Å². The maximum atomic E-state index is 12.1. The molecule has 2 rings (SSSR count). The Hall–Kier alpha value is -2.02. The van der Waals surface area contributed by atoms with Gasteiger partial charge < -0.3 is 10.2 Å². The van der Waals surface area contributed by atoms with Gasteiger partial charge in [-0.15, -0.1) is 0 Å². The first kappa shape index (κ1) is 13.4. The molecule has 1 aromatic heterocycles. The Labute approximate surface area is 107 Å². The van der Waals surface area contributed by atoms with Gasteiger partial charge in [-0.1, -0.05) is 0 Å². The Kier molecular flexibility index (Phi) is 3.48. The molecule has 0 aliphatic rings. The van der Waals surface area contributed by atoms with Crippen LogP contribution in [0.4, 0.5) is 19.0 Å². The number of alkyl halides is 3. The fourth-order valence-electron chi connectivity index (χ4n) is 1.66. The monoisotopic (exact) mass is 271 g/mol. The summed E-state index contributed by atoms with van der Waals surface area (Å²) in [4.78, 5) is 4.23. The Morgan fingerprint density at radius 3 is 2.68 bits per heavy atom. The number of halogens is 3. The van der Waals surface area contributed by atoms with E-state index in [0.29, 0.717) is 16.7 Å². The molecule has 7 heteroatoms. The van der Waals surface area contributed by atoms with Crippen LogP contribution in [0, 0.1) is 6.92 Å². The number of nitrogens with two attached hydrogens (primary N) is 1. The quantitative estimate of drug-likeness (QED) is 0.665. The van der Waals surface area contributed by atoms with Crippen molar-refractivity contribution in [3.8, 4) is 5.75 Å². The molecule has 0 aliphatic heterocycles. The molecule has 0 fully saturated rings. The van der Waals surface area contributed by atoms with Gasteiger partial charge in [-0.05, 0) is 36.8 Å². The van der Waals surface area contributed by atoms with Crippen LogP contribution in [-0.4, -0.2) is 17.8 Å². The molecule has 0 atom stereocenters. The van der Waals surface area contributed by atoms with Gasteiger partial charge in [0.05, 0.1) is 5.52 Å². The van der Waals surface area contributed by atoms with E-state index in [1.54, 1.807) is 19.1 Å². The summed E-state index contributed by atoms with van der Waals surface area (Å²) < 4.78 is 40.9. The number of anilines is 1. The number of aromatic nitrogens is 1. The summed E-state index contributed by atoms with van der Waals surface area (Å²) in [5.74, 6) is 5.98. The number of nitrogen functional groups attached to an aromatic ring is 1. The van der Waals surface area contributed by atoms with Crippen LogP contribution in [0.3, 0.4) is 0 Å². The van der Waals surface area contributed by atoms with E-state index in [4.69, 9.17) is 5.84 Å². The summed E-state index contributed by atoms with van der Waals surface area (Å²) in [6, 6.07) is 6.32. The highest BCUT2D eigenvalue weighted by molar-refractivity contribution is 5.83. The van der Waals surface area contributed by atoms with E-state index in [9.17, 15) is 13.2 Å². The minimum Gasteiger partial charge on any atom is -0.484 e. The minimum absolute atomic E-state index is 0.152. The molecule has 1 aromatic carbocycles. The van der Waals surface area contributed by atoms with Crippen LogP contribution in [0.25, 0.3) is 10.9 Å². The molecule has 3 N–H and O–H groups in total. The predicted molar refractivity (Wildman–Crippen MR) is 65.8 cm³/mol. The summed E-state index contributed by atoms with van der Waals surface area (Å²) in [5, 5.41) is 0.691. The number of rotatable bonds is 3. The second kappa shape index (κ2) is 4.93. The third kappa shape index (κ3) is 3.25. The maximum Gasteiger partial charge on any atom is 0.422 e. The molecule has 4 nitrogen and oxygen atoms in total. The fourth-order valence-corrected chi connectivity index (χ4v) is 1.66. The summed E-state index contributed by atoms with van der Waals surface area (Å²) in [6.45, 7) is 0.484. The Balaban J connectivity index is 2.30. The molecule has 0 aliphatic carbocycles. The third-order valence-electron chi connectivity index (χ3n) is 2.52. The van der Waals surface area contributed by atoms with Crippen molar-refractivity contribution >= 4 is 16.7 Å². The molecule has 2 aromatic rings. The molecule has 0 amide bonds. The van der Waals surface area contributed by atoms with E-state index in [2.05, 4.69) is 15.1 Å². The van der Waals surface area contributed by atoms with Crippen molar-refractivity contribution in [2.75, 3.05) is 12.0 Å². The van der Waals surface area contributed by atoms with Crippen molar-refractivity contribution in [1.82, 2.24) is 4.98 Å². The number of nitrogens with zero attached hydrogens (tertiary/aromatic N) is 1. The first-order chi connectivity index (χ1) is 8.89. The van der Waals surface area contributed by atoms with Gasteiger partial charge in [-0.2, -0.15) is 13.2 Å². The second-order valence-corrected chi connectivity index (χ2v) is 4.06. The molecular formula is C12H12F3N3O. The van der Waals surface area contributed by atoms with Crippen molar-refractivity contribution in [3.05, 3.63) is 29.8 Å². The van der Waals surface area contributed by atoms with Crippen molar-refractivity contribution in [1.29, 1.82) is 0 Å². The zero-order valence-corrected chi connectivity index (χ0v) is 10.1. The molecule has 102 valence electrons. The van der Waals surface area contributed by atoms with Crippen LogP contribution in [0.15, 0.2) is 24.3 Å². The zero-order valence-electron chi connectivity index (χ0n) is 10.1. The summed E-state index contributed by atoms with van der Waals surface area (Å²) in [5.41, 5.74) is 3.87. The van der Waals surface area contributed by atoms with Gasteiger partial charge in [-0.3, -0.25) is 0 Å². The smallest absolute Gasteiger partial charge is 0.422 e. The number of hydrogen-bond acceptors (Lipinski definition) is 4. The SMILES string of the molecule is Cc1cc2cc(OCC(F)(F)F)ccc2nc1NN. The molecule has 0 spiro atoms. The lowest BCUT2D eigenvalue weighted by Gasteiger charge is -2.10. The number of nitrogens with one attached hydrogen (secondary N) is 1. The zero-order chi connectivity index (χ0) is 14.0. The minimum atomic E-state index is -4.35. The lowest BCUT2D eigenvalue weighted by molar-refractivity contribution is -0.153. The molecule has 0 radical (unpaired) electrons. The van der Waals surface area contributed by atoms with E-state index in [1.165, 1.54) is 12.1 Å². The van der Waals surface area contributed by atoms with E-state index >= 15 is 0 Å². The van der Waals surface area contributed by atoms with Crippen LogP contribution < -0.4 is 16.0 Å². The standard InChI is InChI=1S/C12H12F3N3O/c1-7-4-8-5-9(19-6-12(13,14)15)2-3-10(8)17-11(7)18-16/h2-5H,6,16H2,1H3,(H,17,18). The normalized spacial score (nSPS) is 11.6. The highest BCUT2D eigenvalue weighted by atomic mass is 19.4. The topological polar surface area (TPSA) is 60.2 Å². The van der Waals surface area contributed by atoms with Gasteiger partial charge in [0, 0.05) is 5.39 Å². The second-order valence-electron chi connectivity index (χ2n) is 4.06. The average molecular weight is 271 g/mol. The van der Waals surface area contributed by atoms with Crippen molar-refractivity contribution in [2.24, 2.45) is 5.84 Å². The predicted octanol–water partition coefficient (Wildman–Crippen LogP) is 2.77. The van der Waals surface area contributed by atoms with Gasteiger partial charge in [0.1, 0.15) is 11.6 Å². The Morgan fingerprint density at radius 2 is 2.05 bits per heavy atom. The summed E-state index contributed by atoms with van der Waals surface area (Å²) >= 11 is 0. The molecular weight excluding hydrogens is 259 g/mol. The fraction of sp³-hybridized carbons (Fsp3) is 0.250. The third-order valence-corrected chi connectivity index (χ3v) is 2.52. The summed E-state index contributed by atoms with van der Waals surface area (Å²) in [6.07, 6.45) is -4.35. The van der Waals surface area contributed by atoms with E-state index in [0.717, 1.165) is 5.56 Å². The lowest BCUT2D eigenvalue weighted by Crippen LogP contribution is -2.19. The van der Waals surface area contributed by atoms with Gasteiger partial charge in [0.15, 0.2) is 6.61 Å². The van der Waals surface area contributed by atoms with Gasteiger partial charge >= 0.3 is 6.18 Å². The number of aryl methyl sites for hydroxylation is 1. The van der Waals surface area contributed by atoms with E-state index in [-0.39, 0.29) is 5.75 Å². The molecule has 0 unspecified atom stereocenters. The van der Waals surface area contributed by atoms with Gasteiger partial charge in [0.2, 0.25) is 0 Å². The van der Waals surface area contributed by atoms with Crippen molar-refractivity contribution in [3.63, 3.8) is 0 Å². The Bertz CT molecular complexity index is 599. The maximum absolute atomic E-state index is 12.1. The largest absolute Gasteiger partial charge is 0.484 e. The number of hydrogen-bond donors (Lipinski definition) is 2. The number of pyridine rings is 1. The van der Waals surface area contributed by atoms with Crippen molar-refractivity contribution < 1.29 is 17.9 Å². The average Bonchev–Trinajstić information content (AvgIpc) is 2.34. The number of ether oxygens (including phenoxy) is 1. The van der Waals surface area contributed by atoms with Crippen molar-refractivity contribution in [2.45, 2.75) is 13.1 Å². The van der Waals surface area contributed by atoms with Gasteiger partial charge in [0.25, 0.3) is 0 Å². The van der Waals surface area contributed by atoms with Crippen LogP contribution in [0.2, 0.25) is 0 Å². The molecule has 1 heterocycles. The van der Waals surface area contributed by atoms with Crippen LogP contribution in [0.1, 0.15) is 5.56 Å². The lowest BCUT2D eigenvalue weighted by atomic mass is 10.1. The number of fused-ring (bicyclic) bond motifs is 1. The highest BCUT2D eigenvalue weighted by Crippen LogP contribution is 2.25. The first-order valence-electron chi connectivity index (χ1n) is 5.46. The molecule has 0 bridgehead atoms. The highest BCUT2D eigenvalue weighted by Gasteiger charge is 2.28. The number of benzene rings is 1. The Morgan fingerprint density at radius 1 is 1.32 bits per heavy atom. The number of hydrazine groups is 1. The first-order valence-corrected chi connectivity index (χ1v) is 5.46. The van der Waals surface area contributed by atoms with Crippen LogP contribution in [0.5, 0.6) is 5.75 Å². The van der Waals surface area contributed by atoms with E-state index < -0.39 is 12.8 Å². The van der Waals surface area contributed by atoms with Gasteiger partial charge in [-0.25, -0.2) is 10.8 Å². The molecule has 0 saturated heterocycles.